The average Bonchev–Trinajstić information content (AvgIpc) is 2.50. The van der Waals surface area contributed by atoms with Crippen molar-refractivity contribution in [2.45, 2.75) is 19.2 Å². The van der Waals surface area contributed by atoms with Crippen molar-refractivity contribution >= 4 is 5.91 Å². The first-order valence-corrected chi connectivity index (χ1v) is 6.85. The predicted molar refractivity (Wildman–Crippen MR) is 82.4 cm³/mol. The van der Waals surface area contributed by atoms with E-state index < -0.39 is 6.04 Å². The summed E-state index contributed by atoms with van der Waals surface area (Å²) in [6.45, 7) is 1.18. The van der Waals surface area contributed by atoms with Crippen LogP contribution in [0.25, 0.3) is 0 Å². The van der Waals surface area contributed by atoms with Crippen LogP contribution in [0.15, 0.2) is 54.6 Å². The number of hydrogen-bond acceptors (Lipinski definition) is 3. The molecule has 0 aliphatic heterocycles. The molecule has 0 aliphatic carbocycles. The van der Waals surface area contributed by atoms with Crippen LogP contribution in [0.4, 0.5) is 0 Å². The summed E-state index contributed by atoms with van der Waals surface area (Å²) in [4.78, 5) is 11.6. The quantitative estimate of drug-likeness (QED) is 0.819. The van der Waals surface area contributed by atoms with Gasteiger partial charge in [0.1, 0.15) is 6.04 Å². The topological polar surface area (TPSA) is 64.3 Å². The second-order valence-electron chi connectivity index (χ2n) is 4.88. The molecule has 4 heteroatoms. The van der Waals surface area contributed by atoms with Gasteiger partial charge < -0.3 is 10.5 Å². The zero-order valence-corrected chi connectivity index (χ0v) is 12.1. The molecule has 2 aromatic carbocycles. The highest BCUT2D eigenvalue weighted by molar-refractivity contribution is 5.81. The van der Waals surface area contributed by atoms with E-state index in [0.717, 1.165) is 16.7 Å². The number of amides is 1. The molecule has 2 aromatic rings. The summed E-state index contributed by atoms with van der Waals surface area (Å²) in [5.41, 5.74) is 8.57. The molecule has 0 unspecified atom stereocenters. The van der Waals surface area contributed by atoms with E-state index >= 15 is 0 Å². The van der Waals surface area contributed by atoms with Crippen molar-refractivity contribution in [2.24, 2.45) is 5.73 Å². The lowest BCUT2D eigenvalue weighted by molar-refractivity contribution is -0.120. The van der Waals surface area contributed by atoms with E-state index in [9.17, 15) is 4.79 Å². The van der Waals surface area contributed by atoms with Crippen molar-refractivity contribution in [2.75, 3.05) is 7.11 Å². The number of nitrogens with two attached hydrogens (primary N) is 1. The Morgan fingerprint density at radius 1 is 1.10 bits per heavy atom. The Hall–Kier alpha value is -2.17. The number of nitrogens with one attached hydrogen (secondary N) is 1. The van der Waals surface area contributed by atoms with Crippen molar-refractivity contribution in [3.8, 4) is 0 Å². The van der Waals surface area contributed by atoms with Gasteiger partial charge >= 0.3 is 0 Å². The first-order valence-electron chi connectivity index (χ1n) is 6.85. The van der Waals surface area contributed by atoms with Crippen LogP contribution < -0.4 is 11.1 Å². The second kappa shape index (κ2) is 7.57. The summed E-state index contributed by atoms with van der Waals surface area (Å²) in [6.07, 6.45) is 0. The van der Waals surface area contributed by atoms with E-state index in [1.54, 1.807) is 7.11 Å². The first kappa shape index (κ1) is 15.2. The molecule has 0 spiro atoms. The second-order valence-corrected chi connectivity index (χ2v) is 4.88. The highest BCUT2D eigenvalue weighted by Gasteiger charge is 2.16. The third-order valence-electron chi connectivity index (χ3n) is 3.26. The maximum absolute atomic E-state index is 11.6. The molecule has 110 valence electrons. The van der Waals surface area contributed by atoms with E-state index in [0.29, 0.717) is 13.2 Å². The molecule has 1 amide bonds. The highest BCUT2D eigenvalue weighted by Crippen LogP contribution is 2.13. The van der Waals surface area contributed by atoms with Crippen LogP contribution in [0.3, 0.4) is 0 Å². The van der Waals surface area contributed by atoms with E-state index in [2.05, 4.69) is 5.32 Å². The van der Waals surface area contributed by atoms with E-state index in [-0.39, 0.29) is 5.91 Å². The predicted octanol–water partition coefficient (Wildman–Crippen LogP) is 2.15. The molecule has 0 radical (unpaired) electrons. The van der Waals surface area contributed by atoms with Crippen LogP contribution >= 0.6 is 0 Å². The van der Waals surface area contributed by atoms with Gasteiger partial charge in [-0.05, 0) is 16.7 Å². The molecule has 0 heterocycles. The minimum atomic E-state index is -0.482. The van der Waals surface area contributed by atoms with Crippen molar-refractivity contribution in [3.63, 3.8) is 0 Å². The summed E-state index contributed by atoms with van der Waals surface area (Å²) < 4.78 is 5.08. The van der Waals surface area contributed by atoms with Gasteiger partial charge in [-0.2, -0.15) is 0 Å². The van der Waals surface area contributed by atoms with Gasteiger partial charge in [0.05, 0.1) is 6.61 Å². The molecule has 0 bridgehead atoms. The standard InChI is InChI=1S/C17H20N2O2/c1-21-12-14-9-7-13(8-10-14)11-19-16(17(18)20)15-5-3-2-4-6-15/h2-10,16,19H,11-12H2,1H3,(H2,18,20)/t16-/m0/s1. The van der Waals surface area contributed by atoms with E-state index in [1.807, 2.05) is 54.6 Å². The number of hydrogen-bond donors (Lipinski definition) is 2. The Labute approximate surface area is 124 Å². The molecular weight excluding hydrogens is 264 g/mol. The fraction of sp³-hybridized carbons (Fsp3) is 0.235. The Morgan fingerprint density at radius 3 is 2.29 bits per heavy atom. The van der Waals surface area contributed by atoms with Crippen LogP contribution in [0.1, 0.15) is 22.7 Å². The highest BCUT2D eigenvalue weighted by atomic mass is 16.5. The molecular formula is C17H20N2O2. The lowest BCUT2D eigenvalue weighted by atomic mass is 10.1. The number of benzene rings is 2. The molecule has 0 aromatic heterocycles. The minimum Gasteiger partial charge on any atom is -0.380 e. The molecule has 0 aliphatic rings. The van der Waals surface area contributed by atoms with Crippen LogP contribution in [-0.2, 0) is 22.7 Å². The largest absolute Gasteiger partial charge is 0.380 e. The summed E-state index contributed by atoms with van der Waals surface area (Å²) >= 11 is 0. The first-order chi connectivity index (χ1) is 10.2. The SMILES string of the molecule is COCc1ccc(CN[C@H](C(N)=O)c2ccccc2)cc1. The normalized spacial score (nSPS) is 12.0. The fourth-order valence-corrected chi connectivity index (χ4v) is 2.17. The number of methoxy groups -OCH3 is 1. The maximum Gasteiger partial charge on any atom is 0.239 e. The van der Waals surface area contributed by atoms with Gasteiger partial charge in [0.2, 0.25) is 5.91 Å². The number of primary amides is 1. The van der Waals surface area contributed by atoms with Crippen molar-refractivity contribution in [3.05, 3.63) is 71.3 Å². The van der Waals surface area contributed by atoms with Crippen LogP contribution in [-0.4, -0.2) is 13.0 Å². The van der Waals surface area contributed by atoms with Crippen molar-refractivity contribution in [1.82, 2.24) is 5.32 Å². The summed E-state index contributed by atoms with van der Waals surface area (Å²) in [7, 11) is 1.67. The lowest BCUT2D eigenvalue weighted by Crippen LogP contribution is -2.33. The van der Waals surface area contributed by atoms with E-state index in [1.165, 1.54) is 0 Å². The summed E-state index contributed by atoms with van der Waals surface area (Å²) in [5.74, 6) is -0.378. The van der Waals surface area contributed by atoms with Gasteiger partial charge in [0, 0.05) is 13.7 Å². The Morgan fingerprint density at radius 2 is 1.71 bits per heavy atom. The van der Waals surface area contributed by atoms with Gasteiger partial charge in [-0.25, -0.2) is 0 Å². The minimum absolute atomic E-state index is 0.378. The molecule has 3 N–H and O–H groups in total. The Bertz CT molecular complexity index is 567. The molecule has 2 rings (SSSR count). The zero-order chi connectivity index (χ0) is 15.1. The molecule has 1 atom stereocenters. The van der Waals surface area contributed by atoms with Gasteiger partial charge in [-0.1, -0.05) is 54.6 Å². The third kappa shape index (κ3) is 4.41. The lowest BCUT2D eigenvalue weighted by Gasteiger charge is -2.16. The van der Waals surface area contributed by atoms with Crippen molar-refractivity contribution < 1.29 is 9.53 Å². The number of rotatable bonds is 7. The number of carbonyl (C=O) groups excluding carboxylic acids is 1. The van der Waals surface area contributed by atoms with Crippen LogP contribution in [0.2, 0.25) is 0 Å². The number of ether oxygens (including phenoxy) is 1. The maximum atomic E-state index is 11.6. The smallest absolute Gasteiger partial charge is 0.239 e. The van der Waals surface area contributed by atoms with Gasteiger partial charge in [-0.3, -0.25) is 10.1 Å². The molecule has 4 nitrogen and oxygen atoms in total. The Kier molecular flexibility index (Phi) is 5.49. The van der Waals surface area contributed by atoms with E-state index in [4.69, 9.17) is 10.5 Å². The third-order valence-corrected chi connectivity index (χ3v) is 3.26. The average molecular weight is 284 g/mol. The molecule has 0 saturated carbocycles. The van der Waals surface area contributed by atoms with Gasteiger partial charge in [-0.15, -0.1) is 0 Å². The fourth-order valence-electron chi connectivity index (χ4n) is 2.17. The van der Waals surface area contributed by atoms with Gasteiger partial charge in [0.25, 0.3) is 0 Å². The summed E-state index contributed by atoms with van der Waals surface area (Å²) in [5, 5.41) is 3.20. The zero-order valence-electron chi connectivity index (χ0n) is 12.1. The van der Waals surface area contributed by atoms with Crippen LogP contribution in [0.5, 0.6) is 0 Å². The monoisotopic (exact) mass is 284 g/mol. The molecule has 0 saturated heterocycles. The Balaban J connectivity index is 2.00. The van der Waals surface area contributed by atoms with Gasteiger partial charge in [0.15, 0.2) is 0 Å². The molecule has 21 heavy (non-hydrogen) atoms. The van der Waals surface area contributed by atoms with Crippen molar-refractivity contribution in [1.29, 1.82) is 0 Å². The number of carbonyl (C=O) groups is 1. The molecule has 0 fully saturated rings. The summed E-state index contributed by atoms with van der Waals surface area (Å²) in [6, 6.07) is 17.1. The van der Waals surface area contributed by atoms with Crippen LogP contribution in [0, 0.1) is 0 Å².